The topological polar surface area (TPSA) is 86.0 Å². The van der Waals surface area contributed by atoms with Gasteiger partial charge in [-0.3, -0.25) is 14.7 Å². The standard InChI is InChI=1S/C21H42N6O.HI/c1-3-19-8-4-6-14-27(19)17-12-25-21(23-2)24-11-5-7-13-26-15-9-18(10-16-26)20(22)28;/h18-19H,3-17H2,1-2H3,(H2,22,28)(H2,23,24,25);1H. The maximum Gasteiger partial charge on any atom is 0.220 e. The van der Waals surface area contributed by atoms with Crippen LogP contribution in [0.15, 0.2) is 4.99 Å². The molecule has 2 fully saturated rings. The lowest BCUT2D eigenvalue weighted by Gasteiger charge is -2.35. The van der Waals surface area contributed by atoms with Crippen LogP contribution in [0.3, 0.4) is 0 Å². The Morgan fingerprint density at radius 2 is 1.76 bits per heavy atom. The van der Waals surface area contributed by atoms with Gasteiger partial charge in [-0.15, -0.1) is 24.0 Å². The maximum atomic E-state index is 11.2. The molecule has 8 heteroatoms. The third kappa shape index (κ3) is 9.83. The molecular weight excluding hydrogens is 479 g/mol. The summed E-state index contributed by atoms with van der Waals surface area (Å²) in [5, 5.41) is 6.89. The van der Waals surface area contributed by atoms with Crippen LogP contribution < -0.4 is 16.4 Å². The summed E-state index contributed by atoms with van der Waals surface area (Å²) >= 11 is 0. The first-order valence-electron chi connectivity index (χ1n) is 11.3. The average molecular weight is 523 g/mol. The normalized spacial score (nSPS) is 22.1. The molecule has 0 bridgehead atoms. The predicted molar refractivity (Wildman–Crippen MR) is 132 cm³/mol. The number of piperidine rings is 2. The van der Waals surface area contributed by atoms with Gasteiger partial charge in [0.05, 0.1) is 0 Å². The summed E-state index contributed by atoms with van der Waals surface area (Å²) in [6.07, 6.45) is 9.45. The number of hydrogen-bond acceptors (Lipinski definition) is 4. The Balaban J connectivity index is 0.00000420. The van der Waals surface area contributed by atoms with Crippen LogP contribution in [0.2, 0.25) is 0 Å². The molecule has 1 atom stereocenters. The fourth-order valence-corrected chi connectivity index (χ4v) is 4.46. The zero-order valence-corrected chi connectivity index (χ0v) is 20.8. The summed E-state index contributed by atoms with van der Waals surface area (Å²) in [6, 6.07) is 0.763. The number of hydrogen-bond donors (Lipinski definition) is 3. The van der Waals surface area contributed by atoms with Crippen LogP contribution in [-0.2, 0) is 4.79 Å². The lowest BCUT2D eigenvalue weighted by atomic mass is 9.96. The number of rotatable bonds is 10. The summed E-state index contributed by atoms with van der Waals surface area (Å²) < 4.78 is 0. The number of nitrogens with zero attached hydrogens (tertiary/aromatic N) is 3. The second-order valence-corrected chi connectivity index (χ2v) is 8.24. The molecule has 170 valence electrons. The zero-order chi connectivity index (χ0) is 20.2. The fraction of sp³-hybridized carbons (Fsp3) is 0.905. The van der Waals surface area contributed by atoms with Crippen LogP contribution in [0, 0.1) is 5.92 Å². The van der Waals surface area contributed by atoms with E-state index in [1.807, 2.05) is 7.05 Å². The van der Waals surface area contributed by atoms with Crippen molar-refractivity contribution in [2.24, 2.45) is 16.6 Å². The first-order chi connectivity index (χ1) is 13.6. The first-order valence-corrected chi connectivity index (χ1v) is 11.3. The molecule has 2 aliphatic rings. The van der Waals surface area contributed by atoms with E-state index < -0.39 is 0 Å². The van der Waals surface area contributed by atoms with E-state index >= 15 is 0 Å². The molecule has 0 radical (unpaired) electrons. The van der Waals surface area contributed by atoms with E-state index in [4.69, 9.17) is 5.73 Å². The lowest BCUT2D eigenvalue weighted by molar-refractivity contribution is -0.123. The lowest BCUT2D eigenvalue weighted by Crippen LogP contribution is -2.46. The third-order valence-corrected chi connectivity index (χ3v) is 6.32. The third-order valence-electron chi connectivity index (χ3n) is 6.32. The molecule has 0 saturated carbocycles. The second-order valence-electron chi connectivity index (χ2n) is 8.24. The molecule has 7 nitrogen and oxygen atoms in total. The molecule has 29 heavy (non-hydrogen) atoms. The number of nitrogens with one attached hydrogen (secondary N) is 2. The first kappa shape index (κ1) is 26.4. The van der Waals surface area contributed by atoms with Gasteiger partial charge in [0.25, 0.3) is 0 Å². The van der Waals surface area contributed by atoms with Gasteiger partial charge in [-0.2, -0.15) is 0 Å². The minimum atomic E-state index is -0.131. The summed E-state index contributed by atoms with van der Waals surface area (Å²) in [7, 11) is 1.84. The number of likely N-dealkylation sites (tertiary alicyclic amines) is 2. The van der Waals surface area contributed by atoms with E-state index in [-0.39, 0.29) is 35.8 Å². The highest BCUT2D eigenvalue weighted by atomic mass is 127. The number of amides is 1. The fourth-order valence-electron chi connectivity index (χ4n) is 4.46. The zero-order valence-electron chi connectivity index (χ0n) is 18.5. The summed E-state index contributed by atoms with van der Waals surface area (Å²) in [5.74, 6) is 0.866. The number of primary amides is 1. The molecule has 2 heterocycles. The van der Waals surface area contributed by atoms with Crippen LogP contribution in [0.1, 0.15) is 58.3 Å². The van der Waals surface area contributed by atoms with Gasteiger partial charge in [0.15, 0.2) is 5.96 Å². The largest absolute Gasteiger partial charge is 0.369 e. The Bertz CT molecular complexity index is 482. The number of carbonyl (C=O) groups excluding carboxylic acids is 1. The predicted octanol–water partition coefficient (Wildman–Crippen LogP) is 2.01. The smallest absolute Gasteiger partial charge is 0.220 e. The van der Waals surface area contributed by atoms with Gasteiger partial charge < -0.3 is 21.3 Å². The van der Waals surface area contributed by atoms with Gasteiger partial charge in [-0.05, 0) is 71.1 Å². The van der Waals surface area contributed by atoms with Crippen molar-refractivity contribution in [3.05, 3.63) is 0 Å². The van der Waals surface area contributed by atoms with Gasteiger partial charge >= 0.3 is 0 Å². The van der Waals surface area contributed by atoms with Crippen LogP contribution in [0.5, 0.6) is 0 Å². The monoisotopic (exact) mass is 522 g/mol. The van der Waals surface area contributed by atoms with E-state index in [1.54, 1.807) is 0 Å². The number of halogens is 1. The van der Waals surface area contributed by atoms with Crippen LogP contribution in [0.4, 0.5) is 0 Å². The van der Waals surface area contributed by atoms with Crippen molar-refractivity contribution in [3.63, 3.8) is 0 Å². The number of unbranched alkanes of at least 4 members (excludes halogenated alkanes) is 1. The van der Waals surface area contributed by atoms with Gasteiger partial charge in [-0.25, -0.2) is 0 Å². The SMILES string of the molecule is CCC1CCCCN1CCNC(=NC)NCCCCN1CCC(C(N)=O)CC1.I. The van der Waals surface area contributed by atoms with Crippen molar-refractivity contribution in [1.29, 1.82) is 0 Å². The summed E-state index contributed by atoms with van der Waals surface area (Å²) in [5.41, 5.74) is 5.40. The average Bonchev–Trinajstić information content (AvgIpc) is 2.72. The van der Waals surface area contributed by atoms with Gasteiger partial charge in [0, 0.05) is 38.6 Å². The molecule has 0 aromatic heterocycles. The Labute approximate surface area is 194 Å². The highest BCUT2D eigenvalue weighted by Gasteiger charge is 2.22. The molecule has 0 aromatic carbocycles. The molecular formula is C21H43IN6O. The molecule has 2 saturated heterocycles. The van der Waals surface area contributed by atoms with Gasteiger partial charge in [0.2, 0.25) is 5.91 Å². The van der Waals surface area contributed by atoms with Crippen molar-refractivity contribution in [1.82, 2.24) is 20.4 Å². The Morgan fingerprint density at radius 3 is 2.41 bits per heavy atom. The highest BCUT2D eigenvalue weighted by molar-refractivity contribution is 14.0. The van der Waals surface area contributed by atoms with Crippen molar-refractivity contribution in [3.8, 4) is 0 Å². The van der Waals surface area contributed by atoms with Gasteiger partial charge in [-0.1, -0.05) is 13.3 Å². The van der Waals surface area contributed by atoms with Gasteiger partial charge in [0.1, 0.15) is 0 Å². The van der Waals surface area contributed by atoms with Crippen LogP contribution in [-0.4, -0.2) is 80.6 Å². The van der Waals surface area contributed by atoms with Crippen molar-refractivity contribution >= 4 is 35.8 Å². The van der Waals surface area contributed by atoms with E-state index in [0.29, 0.717) is 0 Å². The Morgan fingerprint density at radius 1 is 1.03 bits per heavy atom. The number of guanidine groups is 1. The van der Waals surface area contributed by atoms with E-state index in [1.165, 1.54) is 32.2 Å². The minimum absolute atomic E-state index is 0. The number of carbonyl (C=O) groups is 1. The molecule has 1 amide bonds. The maximum absolute atomic E-state index is 11.2. The molecule has 0 spiro atoms. The Kier molecular flexibility index (Phi) is 13.9. The highest BCUT2D eigenvalue weighted by Crippen LogP contribution is 2.18. The molecule has 2 aliphatic heterocycles. The quantitative estimate of drug-likeness (QED) is 0.177. The summed E-state index contributed by atoms with van der Waals surface area (Å²) in [4.78, 5) is 20.7. The van der Waals surface area contributed by atoms with Crippen LogP contribution in [0.25, 0.3) is 0 Å². The van der Waals surface area contributed by atoms with Crippen molar-refractivity contribution in [2.45, 2.75) is 64.3 Å². The number of nitrogens with two attached hydrogens (primary N) is 1. The van der Waals surface area contributed by atoms with Crippen molar-refractivity contribution in [2.75, 3.05) is 52.9 Å². The second kappa shape index (κ2) is 15.2. The molecule has 1 unspecified atom stereocenters. The Hall–Kier alpha value is -0.610. The van der Waals surface area contributed by atoms with Crippen molar-refractivity contribution < 1.29 is 4.79 Å². The molecule has 0 aliphatic carbocycles. The van der Waals surface area contributed by atoms with E-state index in [0.717, 1.165) is 77.0 Å². The van der Waals surface area contributed by atoms with Crippen LogP contribution >= 0.6 is 24.0 Å². The minimum Gasteiger partial charge on any atom is -0.369 e. The van der Waals surface area contributed by atoms with E-state index in [2.05, 4.69) is 32.3 Å². The van der Waals surface area contributed by atoms with E-state index in [9.17, 15) is 4.79 Å². The molecule has 0 aromatic rings. The molecule has 4 N–H and O–H groups in total. The number of aliphatic imine (C=N–C) groups is 1. The summed E-state index contributed by atoms with van der Waals surface area (Å²) in [6.45, 7) is 9.63. The molecule has 2 rings (SSSR count).